The number of amides is 1. The normalized spacial score (nSPS) is 20.8. The predicted octanol–water partition coefficient (Wildman–Crippen LogP) is 2.63. The molecule has 1 heterocycles. The minimum atomic E-state index is -0.483. The number of ether oxygens (including phenoxy) is 2. The highest BCUT2D eigenvalue weighted by Crippen LogP contribution is 2.16. The summed E-state index contributed by atoms with van der Waals surface area (Å²) in [6.45, 7) is 4.66. The molecule has 5 nitrogen and oxygen atoms in total. The van der Waals surface area contributed by atoms with Crippen LogP contribution in [0, 0.1) is 0 Å². The molecule has 3 rings (SSSR count). The second-order valence-electron chi connectivity index (χ2n) is 6.19. The van der Waals surface area contributed by atoms with Crippen molar-refractivity contribution in [2.24, 2.45) is 0 Å². The van der Waals surface area contributed by atoms with Crippen molar-refractivity contribution in [1.29, 1.82) is 0 Å². The van der Waals surface area contributed by atoms with Gasteiger partial charge in [-0.15, -0.1) is 0 Å². The number of morpholine rings is 1. The molecular formula is C19H21NO4. The summed E-state index contributed by atoms with van der Waals surface area (Å²) in [5, 5.41) is 2.02. The number of hydrogen-bond donors (Lipinski definition) is 0. The van der Waals surface area contributed by atoms with Crippen molar-refractivity contribution in [3.63, 3.8) is 0 Å². The summed E-state index contributed by atoms with van der Waals surface area (Å²) >= 11 is 0. The van der Waals surface area contributed by atoms with Crippen LogP contribution < -0.4 is 0 Å². The summed E-state index contributed by atoms with van der Waals surface area (Å²) in [5.74, 6) is -0.672. The van der Waals surface area contributed by atoms with Crippen molar-refractivity contribution >= 4 is 22.6 Å². The van der Waals surface area contributed by atoms with E-state index in [9.17, 15) is 9.59 Å². The number of fused-ring (bicyclic) bond motifs is 1. The largest absolute Gasteiger partial charge is 0.452 e. The third-order valence-electron chi connectivity index (χ3n) is 4.08. The Kier molecular flexibility index (Phi) is 4.81. The number of carbonyl (C=O) groups is 2. The minimum Gasteiger partial charge on any atom is -0.452 e. The van der Waals surface area contributed by atoms with E-state index >= 15 is 0 Å². The van der Waals surface area contributed by atoms with Crippen LogP contribution in [0.2, 0.25) is 0 Å². The lowest BCUT2D eigenvalue weighted by molar-refractivity contribution is -0.146. The summed E-state index contributed by atoms with van der Waals surface area (Å²) in [6, 6.07) is 13.2. The lowest BCUT2D eigenvalue weighted by Gasteiger charge is -2.35. The van der Waals surface area contributed by atoms with Gasteiger partial charge < -0.3 is 14.4 Å². The van der Waals surface area contributed by atoms with E-state index in [1.807, 2.05) is 44.2 Å². The standard InChI is InChI=1S/C19H21NO4/c1-13-10-20(11-14(2)24-13)18(21)12-23-19(22)17-8-7-15-5-3-4-6-16(15)9-17/h3-9,13-14H,10-12H2,1-2H3/t13-,14-/m0/s1. The molecule has 0 radical (unpaired) electrons. The van der Waals surface area contributed by atoms with Gasteiger partial charge in [0.05, 0.1) is 17.8 Å². The molecule has 0 saturated carbocycles. The molecule has 0 aromatic heterocycles. The minimum absolute atomic E-state index is 0.00566. The molecule has 2 aromatic rings. The van der Waals surface area contributed by atoms with Crippen molar-refractivity contribution in [1.82, 2.24) is 4.90 Å². The molecule has 2 atom stereocenters. The number of rotatable bonds is 3. The Hall–Kier alpha value is -2.40. The van der Waals surface area contributed by atoms with Gasteiger partial charge in [-0.05, 0) is 36.8 Å². The molecule has 1 aliphatic heterocycles. The molecule has 0 aliphatic carbocycles. The molecule has 0 unspecified atom stereocenters. The second-order valence-corrected chi connectivity index (χ2v) is 6.19. The highest BCUT2D eigenvalue weighted by molar-refractivity contribution is 5.96. The van der Waals surface area contributed by atoms with Gasteiger partial charge in [0.1, 0.15) is 0 Å². The lowest BCUT2D eigenvalue weighted by atomic mass is 10.1. The highest BCUT2D eigenvalue weighted by atomic mass is 16.5. The SMILES string of the molecule is C[C@H]1CN(C(=O)COC(=O)c2ccc3ccccc3c2)C[C@H](C)O1. The first kappa shape index (κ1) is 16.5. The summed E-state index contributed by atoms with van der Waals surface area (Å²) in [6.07, 6.45) is -0.0113. The van der Waals surface area contributed by atoms with Crippen LogP contribution in [0.15, 0.2) is 42.5 Å². The maximum absolute atomic E-state index is 12.2. The Morgan fingerprint density at radius 3 is 2.46 bits per heavy atom. The van der Waals surface area contributed by atoms with Crippen molar-refractivity contribution in [2.45, 2.75) is 26.1 Å². The van der Waals surface area contributed by atoms with E-state index in [0.717, 1.165) is 10.8 Å². The average Bonchev–Trinajstić information content (AvgIpc) is 2.58. The van der Waals surface area contributed by atoms with Gasteiger partial charge in [0, 0.05) is 13.1 Å². The molecule has 1 fully saturated rings. The summed E-state index contributed by atoms with van der Waals surface area (Å²) in [5.41, 5.74) is 0.449. The number of nitrogens with zero attached hydrogens (tertiary/aromatic N) is 1. The fraction of sp³-hybridized carbons (Fsp3) is 0.368. The van der Waals surface area contributed by atoms with Gasteiger partial charge >= 0.3 is 5.97 Å². The predicted molar refractivity (Wildman–Crippen MR) is 90.8 cm³/mol. The van der Waals surface area contributed by atoms with E-state index in [1.54, 1.807) is 17.0 Å². The molecule has 24 heavy (non-hydrogen) atoms. The van der Waals surface area contributed by atoms with E-state index in [-0.39, 0.29) is 24.7 Å². The first-order valence-electron chi connectivity index (χ1n) is 8.12. The molecule has 5 heteroatoms. The molecule has 2 aromatic carbocycles. The van der Waals surface area contributed by atoms with Crippen LogP contribution in [-0.2, 0) is 14.3 Å². The van der Waals surface area contributed by atoms with Crippen molar-refractivity contribution < 1.29 is 19.1 Å². The summed E-state index contributed by atoms with van der Waals surface area (Å²) in [7, 11) is 0. The quantitative estimate of drug-likeness (QED) is 0.813. The first-order chi connectivity index (χ1) is 11.5. The Labute approximate surface area is 141 Å². The third-order valence-corrected chi connectivity index (χ3v) is 4.08. The Bertz CT molecular complexity index is 748. The Balaban J connectivity index is 1.60. The molecule has 1 saturated heterocycles. The van der Waals surface area contributed by atoms with Crippen LogP contribution in [-0.4, -0.2) is 48.7 Å². The monoisotopic (exact) mass is 327 g/mol. The summed E-state index contributed by atoms with van der Waals surface area (Å²) < 4.78 is 10.8. The molecule has 0 spiro atoms. The Morgan fingerprint density at radius 2 is 1.75 bits per heavy atom. The maximum atomic E-state index is 12.2. The van der Waals surface area contributed by atoms with Crippen molar-refractivity contribution in [3.05, 3.63) is 48.0 Å². The zero-order chi connectivity index (χ0) is 17.1. The van der Waals surface area contributed by atoms with Crippen LogP contribution in [0.5, 0.6) is 0 Å². The average molecular weight is 327 g/mol. The van der Waals surface area contributed by atoms with E-state index in [2.05, 4.69) is 0 Å². The van der Waals surface area contributed by atoms with Crippen LogP contribution in [0.1, 0.15) is 24.2 Å². The fourth-order valence-electron chi connectivity index (χ4n) is 3.00. The smallest absolute Gasteiger partial charge is 0.338 e. The third kappa shape index (κ3) is 3.74. The van der Waals surface area contributed by atoms with Crippen molar-refractivity contribution in [3.8, 4) is 0 Å². The number of esters is 1. The van der Waals surface area contributed by atoms with E-state index in [0.29, 0.717) is 18.7 Å². The molecule has 126 valence electrons. The molecule has 1 aliphatic rings. The summed E-state index contributed by atoms with van der Waals surface area (Å²) in [4.78, 5) is 26.1. The van der Waals surface area contributed by atoms with Gasteiger partial charge in [-0.2, -0.15) is 0 Å². The van der Waals surface area contributed by atoms with Gasteiger partial charge in [0.2, 0.25) is 0 Å². The molecule has 0 N–H and O–H groups in total. The number of hydrogen-bond acceptors (Lipinski definition) is 4. The molecule has 1 amide bonds. The number of benzene rings is 2. The van der Waals surface area contributed by atoms with Gasteiger partial charge in [0.15, 0.2) is 6.61 Å². The fourth-order valence-corrected chi connectivity index (χ4v) is 3.00. The zero-order valence-corrected chi connectivity index (χ0v) is 13.9. The van der Waals surface area contributed by atoms with Gasteiger partial charge in [-0.3, -0.25) is 4.79 Å². The molecular weight excluding hydrogens is 306 g/mol. The van der Waals surface area contributed by atoms with Gasteiger partial charge in [-0.25, -0.2) is 4.79 Å². The van der Waals surface area contributed by atoms with Crippen LogP contribution in [0.3, 0.4) is 0 Å². The van der Waals surface area contributed by atoms with E-state index in [4.69, 9.17) is 9.47 Å². The van der Waals surface area contributed by atoms with E-state index in [1.165, 1.54) is 0 Å². The topological polar surface area (TPSA) is 55.8 Å². The van der Waals surface area contributed by atoms with Crippen molar-refractivity contribution in [2.75, 3.05) is 19.7 Å². The van der Waals surface area contributed by atoms with Crippen LogP contribution in [0.4, 0.5) is 0 Å². The second kappa shape index (κ2) is 7.01. The van der Waals surface area contributed by atoms with Gasteiger partial charge in [0.25, 0.3) is 5.91 Å². The zero-order valence-electron chi connectivity index (χ0n) is 13.9. The van der Waals surface area contributed by atoms with Gasteiger partial charge in [-0.1, -0.05) is 30.3 Å². The first-order valence-corrected chi connectivity index (χ1v) is 8.12. The maximum Gasteiger partial charge on any atom is 0.338 e. The highest BCUT2D eigenvalue weighted by Gasteiger charge is 2.26. The molecule has 0 bridgehead atoms. The lowest BCUT2D eigenvalue weighted by Crippen LogP contribution is -2.49. The van der Waals surface area contributed by atoms with E-state index < -0.39 is 5.97 Å². The van der Waals surface area contributed by atoms with Crippen LogP contribution >= 0.6 is 0 Å². The van der Waals surface area contributed by atoms with Crippen LogP contribution in [0.25, 0.3) is 10.8 Å². The Morgan fingerprint density at radius 1 is 1.08 bits per heavy atom. The number of carbonyl (C=O) groups excluding carboxylic acids is 2.